The highest BCUT2D eigenvalue weighted by Crippen LogP contribution is 2.62. The van der Waals surface area contributed by atoms with Crippen LogP contribution < -0.4 is 5.32 Å². The molecule has 31 heavy (non-hydrogen) atoms. The maximum absolute atomic E-state index is 14.4. The summed E-state index contributed by atoms with van der Waals surface area (Å²) in [6.45, 7) is 3.60. The molecule has 1 heterocycles. The predicted octanol–water partition coefficient (Wildman–Crippen LogP) is 4.55. The van der Waals surface area contributed by atoms with E-state index in [-0.39, 0.29) is 29.1 Å². The van der Waals surface area contributed by atoms with Crippen molar-refractivity contribution in [3.63, 3.8) is 0 Å². The number of hydrogen-bond donors (Lipinski definition) is 1. The van der Waals surface area contributed by atoms with Gasteiger partial charge in [0.2, 0.25) is 5.91 Å². The number of hydrogen-bond acceptors (Lipinski definition) is 3. The first-order chi connectivity index (χ1) is 15.0. The molecule has 5 heteroatoms. The summed E-state index contributed by atoms with van der Waals surface area (Å²) in [5.41, 5.74) is 1.80. The lowest BCUT2D eigenvalue weighted by molar-refractivity contribution is -0.129. The van der Waals surface area contributed by atoms with E-state index in [0.29, 0.717) is 49.6 Å². The van der Waals surface area contributed by atoms with Gasteiger partial charge in [-0.3, -0.25) is 9.59 Å². The first kappa shape index (κ1) is 21.1. The number of ether oxygens (including phenoxy) is 1. The van der Waals surface area contributed by atoms with E-state index >= 15 is 0 Å². The number of fused-ring (bicyclic) bond motifs is 5. The molecule has 1 aromatic carbocycles. The molecule has 4 nitrogen and oxygen atoms in total. The molecule has 0 radical (unpaired) electrons. The Kier molecular flexibility index (Phi) is 5.66. The molecule has 1 aromatic rings. The first-order valence-electron chi connectivity index (χ1n) is 12.1. The molecule has 0 bridgehead atoms. The lowest BCUT2D eigenvalue weighted by Crippen LogP contribution is -2.44. The molecule has 3 unspecified atom stereocenters. The highest BCUT2D eigenvalue weighted by molar-refractivity contribution is 5.88. The lowest BCUT2D eigenvalue weighted by Gasteiger charge is -2.50. The number of rotatable bonds is 4. The van der Waals surface area contributed by atoms with E-state index < -0.39 is 0 Å². The Morgan fingerprint density at radius 1 is 1.23 bits per heavy atom. The fourth-order valence-corrected chi connectivity index (χ4v) is 7.36. The summed E-state index contributed by atoms with van der Waals surface area (Å²) in [5, 5.41) is 3.17. The van der Waals surface area contributed by atoms with Crippen molar-refractivity contribution in [2.24, 2.45) is 23.2 Å². The van der Waals surface area contributed by atoms with E-state index in [0.717, 1.165) is 50.5 Å². The summed E-state index contributed by atoms with van der Waals surface area (Å²) in [6.07, 6.45) is 7.21. The number of ketones is 1. The monoisotopic (exact) mass is 427 g/mol. The van der Waals surface area contributed by atoms with Gasteiger partial charge in [0.1, 0.15) is 11.6 Å². The zero-order valence-electron chi connectivity index (χ0n) is 18.5. The third-order valence-electron chi connectivity index (χ3n) is 8.89. The van der Waals surface area contributed by atoms with Crippen LogP contribution in [0.3, 0.4) is 0 Å². The highest BCUT2D eigenvalue weighted by Gasteiger charge is 2.58. The van der Waals surface area contributed by atoms with Crippen LogP contribution in [0.4, 0.5) is 4.39 Å². The van der Waals surface area contributed by atoms with Crippen LogP contribution in [0, 0.1) is 29.0 Å². The van der Waals surface area contributed by atoms with Crippen LogP contribution in [0.25, 0.3) is 0 Å². The van der Waals surface area contributed by atoms with Crippen molar-refractivity contribution in [1.29, 1.82) is 0 Å². The van der Waals surface area contributed by atoms with E-state index in [1.54, 1.807) is 6.07 Å². The van der Waals surface area contributed by atoms with Crippen molar-refractivity contribution in [3.8, 4) is 0 Å². The van der Waals surface area contributed by atoms with Crippen LogP contribution in [0.15, 0.2) is 18.2 Å². The van der Waals surface area contributed by atoms with Crippen LogP contribution in [-0.4, -0.2) is 30.9 Å². The average Bonchev–Trinajstić information content (AvgIpc) is 3.03. The van der Waals surface area contributed by atoms with Crippen LogP contribution in [0.5, 0.6) is 0 Å². The molecule has 5 atom stereocenters. The van der Waals surface area contributed by atoms with Gasteiger partial charge in [-0.1, -0.05) is 19.1 Å². The van der Waals surface area contributed by atoms with Crippen molar-refractivity contribution >= 4 is 11.7 Å². The molecule has 5 rings (SSSR count). The summed E-state index contributed by atoms with van der Waals surface area (Å²) in [7, 11) is 0. The number of nitrogens with one attached hydrogen (secondary N) is 1. The lowest BCUT2D eigenvalue weighted by atomic mass is 9.54. The number of carbonyl (C=O) groups excluding carboxylic acids is 2. The predicted molar refractivity (Wildman–Crippen MR) is 116 cm³/mol. The number of Topliss-reactive ketones (excluding diaryl/α,β-unsaturated/α-hetero) is 1. The molecule has 1 aliphatic heterocycles. The Balaban J connectivity index is 1.31. The fraction of sp³-hybridized carbons (Fsp3) is 0.692. The molecule has 1 amide bonds. The van der Waals surface area contributed by atoms with Gasteiger partial charge in [-0.15, -0.1) is 0 Å². The molecular weight excluding hydrogens is 393 g/mol. The summed E-state index contributed by atoms with van der Waals surface area (Å²) in [6, 6.07) is 5.73. The van der Waals surface area contributed by atoms with Gasteiger partial charge < -0.3 is 10.1 Å². The maximum atomic E-state index is 14.4. The second-order valence-electron chi connectivity index (χ2n) is 10.5. The number of halogens is 1. The maximum Gasteiger partial charge on any atom is 0.220 e. The third kappa shape index (κ3) is 3.73. The second kappa shape index (κ2) is 8.31. The quantitative estimate of drug-likeness (QED) is 0.767. The number of carbonyl (C=O) groups is 2. The van der Waals surface area contributed by atoms with Gasteiger partial charge in [0.25, 0.3) is 0 Å². The van der Waals surface area contributed by atoms with Crippen LogP contribution >= 0.6 is 0 Å². The molecule has 0 spiro atoms. The minimum absolute atomic E-state index is 0.0758. The highest BCUT2D eigenvalue weighted by atomic mass is 19.1. The Bertz CT molecular complexity index is 864. The molecule has 1 saturated heterocycles. The van der Waals surface area contributed by atoms with E-state index in [2.05, 4.69) is 18.3 Å². The van der Waals surface area contributed by atoms with Crippen molar-refractivity contribution in [3.05, 3.63) is 35.1 Å². The molecule has 3 aliphatic carbocycles. The van der Waals surface area contributed by atoms with Gasteiger partial charge >= 0.3 is 0 Å². The van der Waals surface area contributed by atoms with Gasteiger partial charge in [0, 0.05) is 37.5 Å². The van der Waals surface area contributed by atoms with Crippen LogP contribution in [-0.2, 0) is 20.7 Å². The Hall–Kier alpha value is -1.75. The largest absolute Gasteiger partial charge is 0.381 e. The smallest absolute Gasteiger partial charge is 0.220 e. The molecule has 168 valence electrons. The molecule has 3 fully saturated rings. The molecule has 2 saturated carbocycles. The van der Waals surface area contributed by atoms with Crippen LogP contribution in [0.2, 0.25) is 0 Å². The van der Waals surface area contributed by atoms with Gasteiger partial charge in [-0.2, -0.15) is 0 Å². The summed E-state index contributed by atoms with van der Waals surface area (Å²) in [5.74, 6) is 1.76. The van der Waals surface area contributed by atoms with Crippen molar-refractivity contribution in [2.75, 3.05) is 13.2 Å². The zero-order valence-corrected chi connectivity index (χ0v) is 18.5. The van der Waals surface area contributed by atoms with Crippen LogP contribution in [0.1, 0.15) is 75.3 Å². The van der Waals surface area contributed by atoms with E-state index in [4.69, 9.17) is 4.74 Å². The normalized spacial score (nSPS) is 35.2. The number of amides is 1. The van der Waals surface area contributed by atoms with Crippen molar-refractivity contribution in [1.82, 2.24) is 5.32 Å². The molecule has 1 N–H and O–H groups in total. The minimum Gasteiger partial charge on any atom is -0.381 e. The zero-order chi connectivity index (χ0) is 21.6. The van der Waals surface area contributed by atoms with Crippen molar-refractivity contribution in [2.45, 2.75) is 76.7 Å². The second-order valence-corrected chi connectivity index (χ2v) is 10.5. The molecular formula is C26H34FNO3. The van der Waals surface area contributed by atoms with Gasteiger partial charge in [-0.05, 0) is 85.8 Å². The molecule has 4 aliphatic rings. The molecule has 0 aromatic heterocycles. The van der Waals surface area contributed by atoms with E-state index in [1.165, 1.54) is 5.56 Å². The Labute approximate surface area is 184 Å². The minimum atomic E-state index is -0.270. The number of benzene rings is 1. The van der Waals surface area contributed by atoms with E-state index in [1.807, 2.05) is 6.07 Å². The standard InChI is InChI=1S/C26H34FNO3/c1-26-12-9-19-18-3-2-4-22(27)20(18)6-7-21(19)25(26)16(15-23(26)29)5-8-24(30)28-17-10-13-31-14-11-17/h2-4,16-17,19,21,25H,5-15H2,1H3,(H,28,30)/t16-,19?,21?,25?,26-/m1/s1. The summed E-state index contributed by atoms with van der Waals surface area (Å²) in [4.78, 5) is 25.7. The third-order valence-corrected chi connectivity index (χ3v) is 8.89. The van der Waals surface area contributed by atoms with E-state index in [9.17, 15) is 14.0 Å². The average molecular weight is 428 g/mol. The SMILES string of the molecule is C[C@]12CCC3c4cccc(F)c4CCC3C1[C@H](CCC(=O)NC1CCOCC1)CC2=O. The van der Waals surface area contributed by atoms with Gasteiger partial charge in [0.05, 0.1) is 0 Å². The van der Waals surface area contributed by atoms with Crippen molar-refractivity contribution < 1.29 is 18.7 Å². The Morgan fingerprint density at radius 2 is 2.03 bits per heavy atom. The summed E-state index contributed by atoms with van der Waals surface area (Å²) < 4.78 is 19.8. The first-order valence-corrected chi connectivity index (χ1v) is 12.1. The fourth-order valence-electron chi connectivity index (χ4n) is 7.36. The topological polar surface area (TPSA) is 55.4 Å². The van der Waals surface area contributed by atoms with Gasteiger partial charge in [0.15, 0.2) is 0 Å². The van der Waals surface area contributed by atoms with Gasteiger partial charge in [-0.25, -0.2) is 4.39 Å². The summed E-state index contributed by atoms with van der Waals surface area (Å²) >= 11 is 0. The Morgan fingerprint density at radius 3 is 2.84 bits per heavy atom.